The van der Waals surface area contributed by atoms with E-state index in [1.807, 2.05) is 43.7 Å². The van der Waals surface area contributed by atoms with Crippen LogP contribution >= 0.6 is 0 Å². The molecule has 0 spiro atoms. The zero-order valence-corrected chi connectivity index (χ0v) is 16.7. The molecule has 0 saturated carbocycles. The molecule has 3 rings (SSSR count). The van der Waals surface area contributed by atoms with Crippen molar-refractivity contribution in [1.82, 2.24) is 20.0 Å². The first-order chi connectivity index (χ1) is 13.0. The van der Waals surface area contributed by atoms with E-state index in [-0.39, 0.29) is 12.1 Å². The number of carbonyl (C=O) groups excluding carboxylic acids is 1. The van der Waals surface area contributed by atoms with Crippen molar-refractivity contribution < 1.29 is 4.79 Å². The van der Waals surface area contributed by atoms with Crippen molar-refractivity contribution in [1.29, 1.82) is 0 Å². The van der Waals surface area contributed by atoms with Crippen LogP contribution in [0.15, 0.2) is 30.3 Å². The lowest BCUT2D eigenvalue weighted by Gasteiger charge is -2.16. The molecule has 27 heavy (non-hydrogen) atoms. The molecular formula is C21H31N5O. The molecule has 2 N–H and O–H groups in total. The normalized spacial score (nSPS) is 15.7. The number of hydrogen-bond acceptors (Lipinski definition) is 3. The Morgan fingerprint density at radius 2 is 1.89 bits per heavy atom. The summed E-state index contributed by atoms with van der Waals surface area (Å²) in [5.74, 6) is 0. The first-order valence-electron chi connectivity index (χ1n) is 9.89. The number of carbonyl (C=O) groups is 1. The maximum Gasteiger partial charge on any atom is 0.319 e. The van der Waals surface area contributed by atoms with Gasteiger partial charge in [0.15, 0.2) is 0 Å². The van der Waals surface area contributed by atoms with Crippen LogP contribution in [0.3, 0.4) is 0 Å². The Balaban J connectivity index is 1.43. The Kier molecular flexibility index (Phi) is 6.50. The predicted octanol–water partition coefficient (Wildman–Crippen LogP) is 3.35. The summed E-state index contributed by atoms with van der Waals surface area (Å²) in [4.78, 5) is 14.7. The molecule has 1 aromatic heterocycles. The van der Waals surface area contributed by atoms with Crippen LogP contribution in [0.4, 0.5) is 10.5 Å². The average molecular weight is 370 g/mol. The number of amides is 2. The lowest BCUT2D eigenvalue weighted by molar-refractivity contribution is 0.247. The number of hydrogen-bond donors (Lipinski definition) is 2. The van der Waals surface area contributed by atoms with Crippen molar-refractivity contribution >= 4 is 11.7 Å². The van der Waals surface area contributed by atoms with Gasteiger partial charge in [-0.1, -0.05) is 12.1 Å². The van der Waals surface area contributed by atoms with Gasteiger partial charge in [0.05, 0.1) is 12.2 Å². The third kappa shape index (κ3) is 5.82. The number of nitrogens with one attached hydrogen (secondary N) is 2. The van der Waals surface area contributed by atoms with E-state index >= 15 is 0 Å². The van der Waals surface area contributed by atoms with E-state index in [0.29, 0.717) is 6.54 Å². The highest BCUT2D eigenvalue weighted by Crippen LogP contribution is 2.13. The largest absolute Gasteiger partial charge is 0.334 e. The third-order valence-corrected chi connectivity index (χ3v) is 5.05. The fourth-order valence-corrected chi connectivity index (χ4v) is 3.60. The van der Waals surface area contributed by atoms with Crippen LogP contribution in [0.2, 0.25) is 0 Å². The maximum atomic E-state index is 12.2. The monoisotopic (exact) mass is 369 g/mol. The van der Waals surface area contributed by atoms with Crippen molar-refractivity contribution in [3.8, 4) is 0 Å². The highest BCUT2D eigenvalue weighted by atomic mass is 16.2. The Labute approximate surface area is 161 Å². The molecule has 6 nitrogen and oxygen atoms in total. The van der Waals surface area contributed by atoms with Gasteiger partial charge in [0.1, 0.15) is 0 Å². The zero-order valence-electron chi connectivity index (χ0n) is 16.7. The minimum absolute atomic E-state index is 0.0114. The highest BCUT2D eigenvalue weighted by Gasteiger charge is 2.12. The number of benzene rings is 1. The molecule has 0 aliphatic carbocycles. The maximum absolute atomic E-state index is 12.2. The van der Waals surface area contributed by atoms with Crippen LogP contribution in [0.5, 0.6) is 0 Å². The van der Waals surface area contributed by atoms with Crippen LogP contribution in [0.1, 0.15) is 36.7 Å². The van der Waals surface area contributed by atoms with E-state index in [1.165, 1.54) is 31.5 Å². The molecule has 1 fully saturated rings. The summed E-state index contributed by atoms with van der Waals surface area (Å²) in [7, 11) is 0. The fraction of sp³-hybridized carbons (Fsp3) is 0.524. The molecule has 1 aromatic carbocycles. The second-order valence-electron chi connectivity index (χ2n) is 7.60. The van der Waals surface area contributed by atoms with Crippen molar-refractivity contribution in [3.05, 3.63) is 47.3 Å². The summed E-state index contributed by atoms with van der Waals surface area (Å²) < 4.78 is 1.93. The Bertz CT molecular complexity index is 746. The lowest BCUT2D eigenvalue weighted by Crippen LogP contribution is -2.38. The molecule has 1 aliphatic rings. The van der Waals surface area contributed by atoms with Gasteiger partial charge in [0.25, 0.3) is 0 Å². The second kappa shape index (κ2) is 9.04. The molecular weight excluding hydrogens is 338 g/mol. The Morgan fingerprint density at radius 3 is 2.52 bits per heavy atom. The number of urea groups is 1. The molecule has 1 unspecified atom stereocenters. The van der Waals surface area contributed by atoms with Crippen molar-refractivity contribution in [2.24, 2.45) is 0 Å². The van der Waals surface area contributed by atoms with Gasteiger partial charge in [-0.25, -0.2) is 4.79 Å². The summed E-state index contributed by atoms with van der Waals surface area (Å²) in [6, 6.07) is 10.0. The standard InChI is InChI=1S/C21H31N5O/c1-16-14-18(3)26(24-16)15-17(2)22-21(27)23-20-8-6-19(7-9-20)10-13-25-11-4-5-12-25/h6-9,14,17H,4-5,10-13,15H2,1-3H3,(H2,22,23,27). The molecule has 0 bridgehead atoms. The highest BCUT2D eigenvalue weighted by molar-refractivity contribution is 5.89. The summed E-state index contributed by atoms with van der Waals surface area (Å²) in [6.45, 7) is 10.2. The zero-order chi connectivity index (χ0) is 19.2. The third-order valence-electron chi connectivity index (χ3n) is 5.05. The summed E-state index contributed by atoms with van der Waals surface area (Å²) in [5, 5.41) is 10.3. The molecule has 1 saturated heterocycles. The van der Waals surface area contributed by atoms with Crippen molar-refractivity contribution in [3.63, 3.8) is 0 Å². The van der Waals surface area contributed by atoms with E-state index in [4.69, 9.17) is 0 Å². The first kappa shape index (κ1) is 19.4. The summed E-state index contributed by atoms with van der Waals surface area (Å²) in [5.41, 5.74) is 4.22. The smallest absolute Gasteiger partial charge is 0.319 e. The number of aryl methyl sites for hydroxylation is 2. The molecule has 0 radical (unpaired) electrons. The molecule has 2 amide bonds. The van der Waals surface area contributed by atoms with E-state index < -0.39 is 0 Å². The van der Waals surface area contributed by atoms with E-state index in [9.17, 15) is 4.79 Å². The Morgan fingerprint density at radius 1 is 1.19 bits per heavy atom. The molecule has 146 valence electrons. The number of rotatable bonds is 7. The predicted molar refractivity (Wildman–Crippen MR) is 109 cm³/mol. The number of aromatic nitrogens is 2. The number of likely N-dealkylation sites (tertiary alicyclic amines) is 1. The summed E-state index contributed by atoms with van der Waals surface area (Å²) in [6.07, 6.45) is 3.72. The van der Waals surface area contributed by atoms with E-state index in [2.05, 4.69) is 32.8 Å². The number of anilines is 1. The van der Waals surface area contributed by atoms with Gasteiger partial charge in [-0.05, 0) is 76.9 Å². The van der Waals surface area contributed by atoms with Crippen molar-refractivity contribution in [2.45, 2.75) is 52.6 Å². The van der Waals surface area contributed by atoms with Gasteiger partial charge in [0, 0.05) is 24.0 Å². The van der Waals surface area contributed by atoms with Crippen LogP contribution in [-0.4, -0.2) is 46.4 Å². The SMILES string of the molecule is Cc1cc(C)n(CC(C)NC(=O)Nc2ccc(CCN3CCCC3)cc2)n1. The van der Waals surface area contributed by atoms with Crippen LogP contribution in [0.25, 0.3) is 0 Å². The van der Waals surface area contributed by atoms with Gasteiger partial charge in [0.2, 0.25) is 0 Å². The average Bonchev–Trinajstić information content (AvgIpc) is 3.24. The van der Waals surface area contributed by atoms with Gasteiger partial charge in [-0.15, -0.1) is 0 Å². The summed E-state index contributed by atoms with van der Waals surface area (Å²) >= 11 is 0. The van der Waals surface area contributed by atoms with Gasteiger partial charge >= 0.3 is 6.03 Å². The first-order valence-corrected chi connectivity index (χ1v) is 9.89. The van der Waals surface area contributed by atoms with E-state index in [1.54, 1.807) is 0 Å². The topological polar surface area (TPSA) is 62.2 Å². The number of nitrogens with zero attached hydrogens (tertiary/aromatic N) is 3. The quantitative estimate of drug-likeness (QED) is 0.787. The van der Waals surface area contributed by atoms with Gasteiger partial charge in [-0.3, -0.25) is 4.68 Å². The molecule has 6 heteroatoms. The Hall–Kier alpha value is -2.34. The minimum Gasteiger partial charge on any atom is -0.334 e. The molecule has 2 heterocycles. The fourth-order valence-electron chi connectivity index (χ4n) is 3.60. The van der Waals surface area contributed by atoms with Crippen molar-refractivity contribution in [2.75, 3.05) is 25.0 Å². The van der Waals surface area contributed by atoms with Crippen LogP contribution in [-0.2, 0) is 13.0 Å². The molecule has 2 aromatic rings. The van der Waals surface area contributed by atoms with Gasteiger partial charge in [-0.2, -0.15) is 5.10 Å². The van der Waals surface area contributed by atoms with Crippen LogP contribution in [0, 0.1) is 13.8 Å². The molecule has 1 aliphatic heterocycles. The molecule has 1 atom stereocenters. The van der Waals surface area contributed by atoms with Crippen LogP contribution < -0.4 is 10.6 Å². The van der Waals surface area contributed by atoms with Gasteiger partial charge < -0.3 is 15.5 Å². The lowest BCUT2D eigenvalue weighted by atomic mass is 10.1. The second-order valence-corrected chi connectivity index (χ2v) is 7.60. The minimum atomic E-state index is -0.186. The van der Waals surface area contributed by atoms with E-state index in [0.717, 1.165) is 30.0 Å².